The van der Waals surface area contributed by atoms with Crippen LogP contribution in [-0.2, 0) is 12.8 Å². The summed E-state index contributed by atoms with van der Waals surface area (Å²) in [5.41, 5.74) is 3.93. The van der Waals surface area contributed by atoms with E-state index in [1.54, 1.807) is 0 Å². The minimum absolute atomic E-state index is 0.670. The van der Waals surface area contributed by atoms with E-state index in [1.165, 1.54) is 36.8 Å². The number of rotatable bonds is 7. The minimum Gasteiger partial charge on any atom is -0.461 e. The Kier molecular flexibility index (Phi) is 6.46. The second-order valence-corrected chi connectivity index (χ2v) is 6.13. The van der Waals surface area contributed by atoms with Crippen LogP contribution in [0, 0.1) is 0 Å². The zero-order chi connectivity index (χ0) is 16.7. The molecule has 0 N–H and O–H groups in total. The molecule has 0 spiro atoms. The van der Waals surface area contributed by atoms with E-state index < -0.39 is 0 Å². The maximum atomic E-state index is 5.96. The average molecular weight is 308 g/mol. The predicted molar refractivity (Wildman–Crippen MR) is 99.7 cm³/mol. The van der Waals surface area contributed by atoms with Crippen LogP contribution in [0.25, 0.3) is 5.57 Å². The van der Waals surface area contributed by atoms with E-state index in [9.17, 15) is 0 Å². The molecule has 0 saturated heterocycles. The zero-order valence-electron chi connectivity index (χ0n) is 14.3. The summed E-state index contributed by atoms with van der Waals surface area (Å²) in [6.45, 7) is 12.5. The molecule has 1 heteroatoms. The summed E-state index contributed by atoms with van der Waals surface area (Å²) in [6, 6.07) is 12.9. The summed E-state index contributed by atoms with van der Waals surface area (Å²) in [5, 5.41) is 0. The van der Waals surface area contributed by atoms with E-state index in [-0.39, 0.29) is 0 Å². The maximum absolute atomic E-state index is 5.96. The van der Waals surface area contributed by atoms with Crippen LogP contribution in [0.1, 0.15) is 61.2 Å². The molecule has 1 heterocycles. The highest BCUT2D eigenvalue weighted by Crippen LogP contribution is 2.41. The van der Waals surface area contributed by atoms with Crippen LogP contribution >= 0.6 is 0 Å². The number of unbranched alkanes of at least 4 members (excludes halogenated alkanes) is 1. The normalized spacial score (nSPS) is 13.3. The van der Waals surface area contributed by atoms with Gasteiger partial charge in [0.15, 0.2) is 0 Å². The fourth-order valence-corrected chi connectivity index (χ4v) is 2.79. The molecule has 2 aromatic rings. The van der Waals surface area contributed by atoms with E-state index in [0.717, 1.165) is 29.9 Å². The SMILES string of the molecule is C=C.C=C(Cc1ccccc1CCCC)c1ccc(C2CC2)o1. The first kappa shape index (κ1) is 17.3. The summed E-state index contributed by atoms with van der Waals surface area (Å²) in [7, 11) is 0. The Balaban J connectivity index is 0.000000924. The van der Waals surface area contributed by atoms with Crippen LogP contribution in [0.15, 0.2) is 60.6 Å². The number of allylic oxidation sites excluding steroid dienone is 1. The van der Waals surface area contributed by atoms with Crippen LogP contribution in [-0.4, -0.2) is 0 Å². The van der Waals surface area contributed by atoms with Gasteiger partial charge in [0.25, 0.3) is 0 Å². The van der Waals surface area contributed by atoms with Gasteiger partial charge in [-0.15, -0.1) is 13.2 Å². The second-order valence-electron chi connectivity index (χ2n) is 6.13. The Morgan fingerprint density at radius 2 is 1.78 bits per heavy atom. The molecule has 0 radical (unpaired) electrons. The first-order valence-electron chi connectivity index (χ1n) is 8.62. The lowest BCUT2D eigenvalue weighted by Crippen LogP contribution is -1.96. The third kappa shape index (κ3) is 4.72. The summed E-state index contributed by atoms with van der Waals surface area (Å²) < 4.78 is 5.96. The first-order valence-corrected chi connectivity index (χ1v) is 8.62. The van der Waals surface area contributed by atoms with E-state index in [1.807, 2.05) is 0 Å². The minimum atomic E-state index is 0.670. The van der Waals surface area contributed by atoms with E-state index in [4.69, 9.17) is 4.42 Å². The molecule has 0 bridgehead atoms. The van der Waals surface area contributed by atoms with Gasteiger partial charge in [0.05, 0.1) is 0 Å². The Morgan fingerprint density at radius 3 is 2.43 bits per heavy atom. The third-order valence-electron chi connectivity index (χ3n) is 4.28. The molecule has 1 aromatic carbocycles. The highest BCUT2D eigenvalue weighted by Gasteiger charge is 2.27. The summed E-state index contributed by atoms with van der Waals surface area (Å²) in [4.78, 5) is 0. The van der Waals surface area contributed by atoms with Crippen molar-refractivity contribution in [3.05, 3.63) is 78.8 Å². The predicted octanol–water partition coefficient (Wildman–Crippen LogP) is 6.56. The van der Waals surface area contributed by atoms with E-state index in [2.05, 4.69) is 63.1 Å². The van der Waals surface area contributed by atoms with Crippen molar-refractivity contribution >= 4 is 5.57 Å². The van der Waals surface area contributed by atoms with E-state index >= 15 is 0 Å². The molecule has 1 aliphatic carbocycles. The largest absolute Gasteiger partial charge is 0.461 e. The molecule has 3 rings (SSSR count). The van der Waals surface area contributed by atoms with Crippen molar-refractivity contribution in [1.82, 2.24) is 0 Å². The summed E-state index contributed by atoms with van der Waals surface area (Å²) in [6.07, 6.45) is 7.08. The lowest BCUT2D eigenvalue weighted by atomic mass is 9.96. The third-order valence-corrected chi connectivity index (χ3v) is 4.28. The zero-order valence-corrected chi connectivity index (χ0v) is 14.3. The standard InChI is InChI=1S/C20H24O.C2H4/c1-3-4-7-16-8-5-6-9-18(16)14-15(2)19-12-13-20(21-19)17-10-11-17;1-2/h5-6,8-9,12-13,17H,2-4,7,10-11,14H2,1H3;1-2H2. The van der Waals surface area contributed by atoms with Crippen molar-refractivity contribution in [2.24, 2.45) is 0 Å². The van der Waals surface area contributed by atoms with Crippen molar-refractivity contribution in [1.29, 1.82) is 0 Å². The highest BCUT2D eigenvalue weighted by molar-refractivity contribution is 5.62. The molecule has 0 unspecified atom stereocenters. The van der Waals surface area contributed by atoms with Crippen LogP contribution in [0.5, 0.6) is 0 Å². The monoisotopic (exact) mass is 308 g/mol. The molecule has 0 aliphatic heterocycles. The number of benzene rings is 1. The fraction of sp³-hybridized carbons (Fsp3) is 0.364. The van der Waals surface area contributed by atoms with Gasteiger partial charge in [-0.3, -0.25) is 0 Å². The van der Waals surface area contributed by atoms with Crippen molar-refractivity contribution in [2.75, 3.05) is 0 Å². The average Bonchev–Trinajstić information content (AvgIpc) is 3.32. The lowest BCUT2D eigenvalue weighted by molar-refractivity contribution is 0.499. The Morgan fingerprint density at radius 1 is 1.09 bits per heavy atom. The maximum Gasteiger partial charge on any atom is 0.130 e. The van der Waals surface area contributed by atoms with Gasteiger partial charge in [-0.05, 0) is 54.5 Å². The smallest absolute Gasteiger partial charge is 0.130 e. The lowest BCUT2D eigenvalue weighted by Gasteiger charge is -2.10. The molecule has 0 atom stereocenters. The molecule has 1 fully saturated rings. The molecule has 0 amide bonds. The quantitative estimate of drug-likeness (QED) is 0.528. The van der Waals surface area contributed by atoms with Gasteiger partial charge in [0.2, 0.25) is 0 Å². The van der Waals surface area contributed by atoms with Crippen molar-refractivity contribution in [3.8, 4) is 0 Å². The summed E-state index contributed by atoms with van der Waals surface area (Å²) >= 11 is 0. The molecule has 122 valence electrons. The van der Waals surface area contributed by atoms with Gasteiger partial charge < -0.3 is 4.42 Å². The van der Waals surface area contributed by atoms with Gasteiger partial charge in [0.1, 0.15) is 11.5 Å². The Labute approximate surface area is 140 Å². The van der Waals surface area contributed by atoms with Crippen molar-refractivity contribution in [3.63, 3.8) is 0 Å². The van der Waals surface area contributed by atoms with Crippen LogP contribution in [0.4, 0.5) is 0 Å². The molecular weight excluding hydrogens is 280 g/mol. The van der Waals surface area contributed by atoms with Crippen LogP contribution in [0.2, 0.25) is 0 Å². The summed E-state index contributed by atoms with van der Waals surface area (Å²) in [5.74, 6) is 2.77. The van der Waals surface area contributed by atoms with Crippen LogP contribution in [0.3, 0.4) is 0 Å². The Bertz CT molecular complexity index is 631. The van der Waals surface area contributed by atoms with Gasteiger partial charge in [-0.1, -0.05) is 44.2 Å². The molecule has 23 heavy (non-hydrogen) atoms. The number of hydrogen-bond donors (Lipinski definition) is 0. The molecule has 1 aliphatic rings. The molecule has 1 saturated carbocycles. The topological polar surface area (TPSA) is 13.1 Å². The van der Waals surface area contributed by atoms with Gasteiger partial charge in [-0.2, -0.15) is 0 Å². The number of aryl methyl sites for hydroxylation is 1. The van der Waals surface area contributed by atoms with Crippen molar-refractivity contribution < 1.29 is 4.42 Å². The number of hydrogen-bond acceptors (Lipinski definition) is 1. The van der Waals surface area contributed by atoms with Gasteiger partial charge >= 0.3 is 0 Å². The molecular formula is C22H28O. The van der Waals surface area contributed by atoms with Crippen molar-refractivity contribution in [2.45, 2.75) is 51.4 Å². The molecule has 1 nitrogen and oxygen atoms in total. The number of furan rings is 1. The van der Waals surface area contributed by atoms with Gasteiger partial charge in [0, 0.05) is 12.3 Å². The molecule has 1 aromatic heterocycles. The second kappa shape index (κ2) is 8.57. The van der Waals surface area contributed by atoms with Crippen LogP contribution < -0.4 is 0 Å². The first-order chi connectivity index (χ1) is 11.3. The van der Waals surface area contributed by atoms with E-state index in [0.29, 0.717) is 5.92 Å². The fourth-order valence-electron chi connectivity index (χ4n) is 2.79. The van der Waals surface area contributed by atoms with Gasteiger partial charge in [-0.25, -0.2) is 0 Å². The Hall–Kier alpha value is -2.02. The highest BCUT2D eigenvalue weighted by atomic mass is 16.3.